The van der Waals surface area contributed by atoms with Crippen LogP contribution in [0.25, 0.3) is 21.8 Å². The van der Waals surface area contributed by atoms with E-state index in [4.69, 9.17) is 24.7 Å². The van der Waals surface area contributed by atoms with Crippen LogP contribution in [0, 0.1) is 0 Å². The SMILES string of the molecule is COCc1c(C(=O)OC(C)C)ncc2[nH]c3ccc(Oc4ccc(OC)cc4N)cc3c12. The Bertz CT molecular complexity index is 1300. The molecule has 166 valence electrons. The fourth-order valence-corrected chi connectivity index (χ4v) is 3.61. The van der Waals surface area contributed by atoms with Gasteiger partial charge in [0.1, 0.15) is 11.5 Å². The van der Waals surface area contributed by atoms with Crippen molar-refractivity contribution in [2.75, 3.05) is 20.0 Å². The van der Waals surface area contributed by atoms with Crippen molar-refractivity contribution in [2.45, 2.75) is 26.6 Å². The van der Waals surface area contributed by atoms with Gasteiger partial charge in [-0.1, -0.05) is 0 Å². The minimum absolute atomic E-state index is 0.205. The highest BCUT2D eigenvalue weighted by Gasteiger charge is 2.21. The molecule has 0 saturated heterocycles. The summed E-state index contributed by atoms with van der Waals surface area (Å²) in [5, 5.41) is 1.71. The Hall–Kier alpha value is -3.78. The van der Waals surface area contributed by atoms with E-state index in [0.29, 0.717) is 28.5 Å². The number of nitrogens with two attached hydrogens (primary N) is 1. The molecule has 2 aromatic carbocycles. The van der Waals surface area contributed by atoms with Gasteiger partial charge in [-0.15, -0.1) is 0 Å². The second-order valence-corrected chi connectivity index (χ2v) is 7.60. The molecular formula is C24H25N3O5. The number of nitrogens with one attached hydrogen (secondary N) is 1. The number of nitrogen functional groups attached to an aromatic ring is 1. The maximum atomic E-state index is 12.7. The molecule has 2 aromatic heterocycles. The van der Waals surface area contributed by atoms with E-state index in [1.54, 1.807) is 52.5 Å². The fourth-order valence-electron chi connectivity index (χ4n) is 3.61. The Kier molecular flexibility index (Phi) is 5.87. The van der Waals surface area contributed by atoms with Crippen LogP contribution in [0.5, 0.6) is 17.2 Å². The van der Waals surface area contributed by atoms with Crippen LogP contribution in [0.1, 0.15) is 29.9 Å². The van der Waals surface area contributed by atoms with Crippen molar-refractivity contribution in [2.24, 2.45) is 0 Å². The zero-order valence-corrected chi connectivity index (χ0v) is 18.4. The normalized spacial score (nSPS) is 11.3. The van der Waals surface area contributed by atoms with E-state index in [1.807, 2.05) is 18.2 Å². The molecule has 0 amide bonds. The first-order valence-electron chi connectivity index (χ1n) is 10.2. The van der Waals surface area contributed by atoms with Gasteiger partial charge in [-0.25, -0.2) is 9.78 Å². The van der Waals surface area contributed by atoms with Crippen molar-refractivity contribution >= 4 is 33.5 Å². The number of carbonyl (C=O) groups excluding carboxylic acids is 1. The zero-order valence-electron chi connectivity index (χ0n) is 18.4. The number of fused-ring (bicyclic) bond motifs is 3. The average molecular weight is 435 g/mol. The van der Waals surface area contributed by atoms with Crippen LogP contribution in [-0.2, 0) is 16.1 Å². The molecule has 0 aliphatic carbocycles. The molecule has 3 N–H and O–H groups in total. The quantitative estimate of drug-likeness (QED) is 0.317. The first-order valence-corrected chi connectivity index (χ1v) is 10.2. The van der Waals surface area contributed by atoms with Crippen LogP contribution in [0.4, 0.5) is 5.69 Å². The maximum Gasteiger partial charge on any atom is 0.357 e. The predicted octanol–water partition coefficient (Wildman–Crippen LogP) is 4.81. The van der Waals surface area contributed by atoms with Crippen LogP contribution in [0.3, 0.4) is 0 Å². The van der Waals surface area contributed by atoms with E-state index in [1.165, 1.54) is 0 Å². The Morgan fingerprint density at radius 2 is 1.88 bits per heavy atom. The molecular weight excluding hydrogens is 410 g/mol. The largest absolute Gasteiger partial charge is 0.497 e. The van der Waals surface area contributed by atoms with Gasteiger partial charge in [0, 0.05) is 35.0 Å². The van der Waals surface area contributed by atoms with E-state index < -0.39 is 5.97 Å². The van der Waals surface area contributed by atoms with Gasteiger partial charge in [0.15, 0.2) is 11.4 Å². The summed E-state index contributed by atoms with van der Waals surface area (Å²) in [6, 6.07) is 10.9. The highest BCUT2D eigenvalue weighted by molar-refractivity contribution is 6.11. The first-order chi connectivity index (χ1) is 15.4. The number of ether oxygens (including phenoxy) is 4. The van der Waals surface area contributed by atoms with Crippen molar-refractivity contribution in [3.8, 4) is 17.2 Å². The summed E-state index contributed by atoms with van der Waals surface area (Å²) < 4.78 is 22.0. The highest BCUT2D eigenvalue weighted by Crippen LogP contribution is 2.36. The molecule has 0 bridgehead atoms. The van der Waals surface area contributed by atoms with Gasteiger partial charge >= 0.3 is 5.97 Å². The van der Waals surface area contributed by atoms with Crippen molar-refractivity contribution in [3.63, 3.8) is 0 Å². The van der Waals surface area contributed by atoms with Gasteiger partial charge in [0.2, 0.25) is 0 Å². The Labute approximate surface area is 185 Å². The smallest absolute Gasteiger partial charge is 0.357 e. The summed E-state index contributed by atoms with van der Waals surface area (Å²) in [6.07, 6.45) is 1.38. The van der Waals surface area contributed by atoms with Crippen molar-refractivity contribution < 1.29 is 23.7 Å². The number of esters is 1. The lowest BCUT2D eigenvalue weighted by Gasteiger charge is -2.12. The molecule has 0 saturated carbocycles. The number of pyridine rings is 1. The van der Waals surface area contributed by atoms with Crippen molar-refractivity contribution in [1.29, 1.82) is 0 Å². The first kappa shape index (κ1) is 21.5. The second-order valence-electron chi connectivity index (χ2n) is 7.60. The standard InChI is InChI=1S/C24H25N3O5/c1-13(2)31-24(28)23-17(12-29-3)22-16-9-15(5-7-19(16)27-20(22)11-26-23)32-21-8-6-14(30-4)10-18(21)25/h5-11,13,27H,12,25H2,1-4H3. The van der Waals surface area contributed by atoms with Crippen LogP contribution in [0.15, 0.2) is 42.6 Å². The number of carbonyl (C=O) groups is 1. The molecule has 4 aromatic rings. The van der Waals surface area contributed by atoms with E-state index in [0.717, 1.165) is 21.8 Å². The number of anilines is 1. The molecule has 32 heavy (non-hydrogen) atoms. The maximum absolute atomic E-state index is 12.7. The van der Waals surface area contributed by atoms with Crippen molar-refractivity contribution in [3.05, 3.63) is 53.9 Å². The van der Waals surface area contributed by atoms with Gasteiger partial charge < -0.3 is 29.7 Å². The van der Waals surface area contributed by atoms with Gasteiger partial charge in [-0.3, -0.25) is 0 Å². The number of hydrogen-bond donors (Lipinski definition) is 2. The molecule has 0 aliphatic heterocycles. The molecule has 0 radical (unpaired) electrons. The molecule has 2 heterocycles. The molecule has 0 fully saturated rings. The lowest BCUT2D eigenvalue weighted by atomic mass is 10.1. The van der Waals surface area contributed by atoms with Gasteiger partial charge in [-0.05, 0) is 44.2 Å². The fraction of sp³-hybridized carbons (Fsp3) is 0.250. The number of aromatic amines is 1. The Morgan fingerprint density at radius 1 is 1.09 bits per heavy atom. The lowest BCUT2D eigenvalue weighted by Crippen LogP contribution is -2.15. The minimum atomic E-state index is -0.485. The number of benzene rings is 2. The van der Waals surface area contributed by atoms with Crippen LogP contribution in [-0.4, -0.2) is 36.3 Å². The summed E-state index contributed by atoms with van der Waals surface area (Å²) in [5.74, 6) is 1.29. The molecule has 8 heteroatoms. The van der Waals surface area contributed by atoms with E-state index in [9.17, 15) is 4.79 Å². The lowest BCUT2D eigenvalue weighted by molar-refractivity contribution is 0.0366. The molecule has 0 spiro atoms. The summed E-state index contributed by atoms with van der Waals surface area (Å²) in [6.45, 7) is 3.80. The monoisotopic (exact) mass is 435 g/mol. The molecule has 0 atom stereocenters. The van der Waals surface area contributed by atoms with Gasteiger partial charge in [0.25, 0.3) is 0 Å². The van der Waals surface area contributed by atoms with E-state index in [2.05, 4.69) is 9.97 Å². The Morgan fingerprint density at radius 3 is 2.56 bits per heavy atom. The van der Waals surface area contributed by atoms with Crippen molar-refractivity contribution in [1.82, 2.24) is 9.97 Å². The topological polar surface area (TPSA) is 109 Å². The number of hydrogen-bond acceptors (Lipinski definition) is 7. The third-order valence-corrected chi connectivity index (χ3v) is 4.98. The summed E-state index contributed by atoms with van der Waals surface area (Å²) >= 11 is 0. The summed E-state index contributed by atoms with van der Waals surface area (Å²) in [5.41, 5.74) is 9.12. The van der Waals surface area contributed by atoms with Gasteiger partial charge in [0.05, 0.1) is 37.2 Å². The molecule has 0 unspecified atom stereocenters. The minimum Gasteiger partial charge on any atom is -0.497 e. The van der Waals surface area contributed by atoms with Gasteiger partial charge in [-0.2, -0.15) is 0 Å². The molecule has 0 aliphatic rings. The van der Waals surface area contributed by atoms with Crippen LogP contribution < -0.4 is 15.2 Å². The molecule has 8 nitrogen and oxygen atoms in total. The Balaban J connectivity index is 1.82. The zero-order chi connectivity index (χ0) is 22.8. The number of H-pyrrole nitrogens is 1. The number of nitrogens with zero attached hydrogens (tertiary/aromatic N) is 1. The third-order valence-electron chi connectivity index (χ3n) is 4.98. The number of rotatable bonds is 7. The third kappa shape index (κ3) is 4.04. The van der Waals surface area contributed by atoms with Crippen LogP contribution in [0.2, 0.25) is 0 Å². The summed E-state index contributed by atoms with van der Waals surface area (Å²) in [4.78, 5) is 20.3. The average Bonchev–Trinajstić information content (AvgIpc) is 3.13. The summed E-state index contributed by atoms with van der Waals surface area (Å²) in [7, 11) is 3.16. The number of aromatic nitrogens is 2. The molecule has 4 rings (SSSR count). The second kappa shape index (κ2) is 8.76. The van der Waals surface area contributed by atoms with E-state index in [-0.39, 0.29) is 18.4 Å². The highest BCUT2D eigenvalue weighted by atomic mass is 16.5. The predicted molar refractivity (Wildman–Crippen MR) is 122 cm³/mol. The van der Waals surface area contributed by atoms with E-state index >= 15 is 0 Å². The van der Waals surface area contributed by atoms with Crippen LogP contribution >= 0.6 is 0 Å². The number of methoxy groups -OCH3 is 2.